The minimum Gasteiger partial charge on any atom is -0.476 e. The summed E-state index contributed by atoms with van der Waals surface area (Å²) >= 11 is 0. The second-order valence-electron chi connectivity index (χ2n) is 3.42. The van der Waals surface area contributed by atoms with Crippen molar-refractivity contribution in [2.45, 2.75) is 13.5 Å². The minimum absolute atomic E-state index is 0.0178. The third-order valence-electron chi connectivity index (χ3n) is 2.11. The van der Waals surface area contributed by atoms with Gasteiger partial charge in [0.25, 0.3) is 0 Å². The second-order valence-corrected chi connectivity index (χ2v) is 3.42. The topological polar surface area (TPSA) is 88.2 Å². The third kappa shape index (κ3) is 2.60. The van der Waals surface area contributed by atoms with E-state index in [0.29, 0.717) is 23.9 Å². The summed E-state index contributed by atoms with van der Waals surface area (Å²) in [7, 11) is 0. The Kier molecular flexibility index (Phi) is 3.04. The lowest BCUT2D eigenvalue weighted by molar-refractivity contribution is 0.0691. The normalized spacial score (nSPS) is 10.2. The van der Waals surface area contributed by atoms with E-state index >= 15 is 0 Å². The summed E-state index contributed by atoms with van der Waals surface area (Å²) in [5.74, 6) is 0.144. The van der Waals surface area contributed by atoms with Crippen LogP contribution in [0.3, 0.4) is 0 Å². The van der Waals surface area contributed by atoms with Gasteiger partial charge in [-0.25, -0.2) is 14.8 Å². The molecule has 6 nitrogen and oxygen atoms in total. The van der Waals surface area contributed by atoms with Gasteiger partial charge in [-0.3, -0.25) is 0 Å². The molecule has 88 valence electrons. The molecule has 2 aromatic heterocycles. The van der Waals surface area contributed by atoms with Crippen LogP contribution in [0, 0.1) is 6.92 Å². The maximum atomic E-state index is 10.9. The molecular formula is C11H11N3O3. The summed E-state index contributed by atoms with van der Waals surface area (Å²) in [6.07, 6.45) is 3.04. The lowest BCUT2D eigenvalue weighted by Crippen LogP contribution is -2.08. The zero-order valence-electron chi connectivity index (χ0n) is 9.17. The van der Waals surface area contributed by atoms with Gasteiger partial charge in [0, 0.05) is 6.20 Å². The number of carboxylic acids is 1. The number of carbonyl (C=O) groups is 1. The van der Waals surface area contributed by atoms with E-state index < -0.39 is 5.97 Å². The van der Waals surface area contributed by atoms with Gasteiger partial charge in [-0.15, -0.1) is 0 Å². The summed E-state index contributed by atoms with van der Waals surface area (Å²) < 4.78 is 5.26. The lowest BCUT2D eigenvalue weighted by Gasteiger charge is -2.05. The maximum absolute atomic E-state index is 10.9. The maximum Gasteiger partial charge on any atom is 0.356 e. The number of pyridine rings is 1. The second kappa shape index (κ2) is 4.65. The van der Waals surface area contributed by atoms with Crippen LogP contribution in [0.2, 0.25) is 0 Å². The highest BCUT2D eigenvalue weighted by Crippen LogP contribution is 2.13. The Morgan fingerprint density at radius 3 is 3.00 bits per heavy atom. The number of oxazole rings is 1. The molecule has 0 amide bonds. The van der Waals surface area contributed by atoms with Crippen molar-refractivity contribution in [1.29, 1.82) is 0 Å². The van der Waals surface area contributed by atoms with E-state index in [1.54, 1.807) is 25.3 Å². The number of carboxylic acid groups (broad SMARTS) is 1. The summed E-state index contributed by atoms with van der Waals surface area (Å²) in [5, 5.41) is 11.9. The average molecular weight is 233 g/mol. The molecule has 6 heteroatoms. The highest BCUT2D eigenvalue weighted by Gasteiger charge is 2.11. The smallest absolute Gasteiger partial charge is 0.356 e. The first-order valence-electron chi connectivity index (χ1n) is 5.00. The fourth-order valence-corrected chi connectivity index (χ4v) is 1.37. The zero-order chi connectivity index (χ0) is 12.3. The van der Waals surface area contributed by atoms with Gasteiger partial charge in [0.2, 0.25) is 5.89 Å². The van der Waals surface area contributed by atoms with Crippen molar-refractivity contribution in [3.05, 3.63) is 41.9 Å². The Bertz CT molecular complexity index is 536. The lowest BCUT2D eigenvalue weighted by atomic mass is 10.3. The molecule has 0 radical (unpaired) electrons. The van der Waals surface area contributed by atoms with Gasteiger partial charge in [-0.05, 0) is 19.1 Å². The molecule has 0 aliphatic carbocycles. The number of aryl methyl sites for hydroxylation is 1. The standard InChI is InChI=1S/C11H11N3O3/c1-7-5-14-9(17-7)6-13-8-3-2-4-12-10(8)11(15)16/h2-5,13H,6H2,1H3,(H,15,16). The molecule has 0 fully saturated rings. The first-order chi connectivity index (χ1) is 8.16. The van der Waals surface area contributed by atoms with Crippen LogP contribution in [0.5, 0.6) is 0 Å². The van der Waals surface area contributed by atoms with E-state index in [-0.39, 0.29) is 5.69 Å². The van der Waals surface area contributed by atoms with Gasteiger partial charge in [0.1, 0.15) is 5.76 Å². The van der Waals surface area contributed by atoms with Crippen molar-refractivity contribution < 1.29 is 14.3 Å². The monoisotopic (exact) mass is 233 g/mol. The molecule has 0 aliphatic rings. The van der Waals surface area contributed by atoms with Crippen molar-refractivity contribution in [3.63, 3.8) is 0 Å². The number of nitrogens with one attached hydrogen (secondary N) is 1. The van der Waals surface area contributed by atoms with Gasteiger partial charge < -0.3 is 14.8 Å². The van der Waals surface area contributed by atoms with Crippen molar-refractivity contribution in [2.24, 2.45) is 0 Å². The third-order valence-corrected chi connectivity index (χ3v) is 2.11. The largest absolute Gasteiger partial charge is 0.476 e. The van der Waals surface area contributed by atoms with E-state index in [4.69, 9.17) is 9.52 Å². The summed E-state index contributed by atoms with van der Waals surface area (Å²) in [5.41, 5.74) is 0.423. The molecule has 2 aromatic rings. The van der Waals surface area contributed by atoms with Crippen LogP contribution in [-0.4, -0.2) is 21.0 Å². The van der Waals surface area contributed by atoms with Crippen LogP contribution in [0.15, 0.2) is 28.9 Å². The number of hydrogen-bond donors (Lipinski definition) is 2. The summed E-state index contributed by atoms with van der Waals surface area (Å²) in [6, 6.07) is 3.31. The van der Waals surface area contributed by atoms with Crippen molar-refractivity contribution in [3.8, 4) is 0 Å². The molecule has 0 aliphatic heterocycles. The van der Waals surface area contributed by atoms with E-state index in [0.717, 1.165) is 0 Å². The summed E-state index contributed by atoms with van der Waals surface area (Å²) in [4.78, 5) is 18.7. The van der Waals surface area contributed by atoms with Crippen LogP contribution in [0.1, 0.15) is 22.1 Å². The fourth-order valence-electron chi connectivity index (χ4n) is 1.37. The van der Waals surface area contributed by atoms with Crippen molar-refractivity contribution in [1.82, 2.24) is 9.97 Å². The molecule has 2 rings (SSSR count). The van der Waals surface area contributed by atoms with Crippen LogP contribution in [0.25, 0.3) is 0 Å². The van der Waals surface area contributed by atoms with Gasteiger partial charge in [0.15, 0.2) is 5.69 Å². The molecule has 0 aromatic carbocycles. The van der Waals surface area contributed by atoms with E-state index in [1.165, 1.54) is 6.20 Å². The molecule has 0 saturated heterocycles. The molecule has 2 heterocycles. The Morgan fingerprint density at radius 2 is 2.35 bits per heavy atom. The first kappa shape index (κ1) is 11.1. The van der Waals surface area contributed by atoms with Crippen LogP contribution >= 0.6 is 0 Å². The molecular weight excluding hydrogens is 222 g/mol. The molecule has 0 atom stereocenters. The number of aromatic nitrogens is 2. The highest BCUT2D eigenvalue weighted by atomic mass is 16.4. The van der Waals surface area contributed by atoms with Crippen LogP contribution < -0.4 is 5.32 Å². The zero-order valence-corrected chi connectivity index (χ0v) is 9.17. The predicted octanol–water partition coefficient (Wildman–Crippen LogP) is 1.69. The predicted molar refractivity (Wildman–Crippen MR) is 59.8 cm³/mol. The van der Waals surface area contributed by atoms with Crippen molar-refractivity contribution >= 4 is 11.7 Å². The number of aromatic carboxylic acids is 1. The fraction of sp³-hybridized carbons (Fsp3) is 0.182. The number of nitrogens with zero attached hydrogens (tertiary/aromatic N) is 2. The van der Waals surface area contributed by atoms with Crippen molar-refractivity contribution in [2.75, 3.05) is 5.32 Å². The Balaban J connectivity index is 2.11. The Labute approximate surface area is 97.3 Å². The molecule has 0 bridgehead atoms. The van der Waals surface area contributed by atoms with Gasteiger partial charge in [-0.1, -0.05) is 0 Å². The molecule has 0 saturated carbocycles. The van der Waals surface area contributed by atoms with Gasteiger partial charge in [-0.2, -0.15) is 0 Å². The Morgan fingerprint density at radius 1 is 1.53 bits per heavy atom. The first-order valence-corrected chi connectivity index (χ1v) is 5.00. The quantitative estimate of drug-likeness (QED) is 0.835. The molecule has 0 spiro atoms. The SMILES string of the molecule is Cc1cnc(CNc2cccnc2C(=O)O)o1. The van der Waals surface area contributed by atoms with Crippen LogP contribution in [-0.2, 0) is 6.54 Å². The Hall–Kier alpha value is -2.37. The van der Waals surface area contributed by atoms with E-state index in [2.05, 4.69) is 15.3 Å². The van der Waals surface area contributed by atoms with Crippen LogP contribution in [0.4, 0.5) is 5.69 Å². The van der Waals surface area contributed by atoms with Gasteiger partial charge in [0.05, 0.1) is 18.4 Å². The van der Waals surface area contributed by atoms with E-state index in [1.807, 2.05) is 0 Å². The molecule has 0 unspecified atom stereocenters. The average Bonchev–Trinajstić information content (AvgIpc) is 2.73. The number of hydrogen-bond acceptors (Lipinski definition) is 5. The summed E-state index contributed by atoms with van der Waals surface area (Å²) in [6.45, 7) is 2.11. The number of anilines is 1. The molecule has 17 heavy (non-hydrogen) atoms. The van der Waals surface area contributed by atoms with Gasteiger partial charge >= 0.3 is 5.97 Å². The number of rotatable bonds is 4. The van der Waals surface area contributed by atoms with E-state index in [9.17, 15) is 4.79 Å². The minimum atomic E-state index is -1.07. The highest BCUT2D eigenvalue weighted by molar-refractivity contribution is 5.91. The molecule has 2 N–H and O–H groups in total.